The van der Waals surface area contributed by atoms with E-state index in [9.17, 15) is 0 Å². The average Bonchev–Trinajstić information content (AvgIpc) is 3.67. The second-order valence-electron chi connectivity index (χ2n) is 14.4. The van der Waals surface area contributed by atoms with E-state index in [0.29, 0.717) is 0 Å². The largest absolute Gasteiger partial charge is 0.456 e. The van der Waals surface area contributed by atoms with Crippen LogP contribution in [0.15, 0.2) is 217 Å². The minimum absolute atomic E-state index is 0.860. The zero-order chi connectivity index (χ0) is 37.0. The molecule has 0 aliphatic heterocycles. The lowest BCUT2D eigenvalue weighted by Crippen LogP contribution is -2.11. The number of hydrogen-bond acceptors (Lipinski definition) is 2. The number of hydrogen-bond donors (Lipinski definition) is 0. The van der Waals surface area contributed by atoms with Gasteiger partial charge in [-0.25, -0.2) is 0 Å². The van der Waals surface area contributed by atoms with Crippen molar-refractivity contribution in [3.63, 3.8) is 0 Å². The predicted octanol–water partition coefficient (Wildman–Crippen LogP) is 15.5. The number of benzene rings is 10. The third kappa shape index (κ3) is 5.26. The molecule has 0 spiro atoms. The molecule has 0 aliphatic carbocycles. The quantitative estimate of drug-likeness (QED) is 0.160. The molecule has 11 aromatic rings. The first-order chi connectivity index (χ1) is 27.8. The standard InChI is InChI=1S/C54H35NO/c1-3-13-36(14-4-1)37-25-27-38(28-26-37)39-29-32-42(33-30-39)55(49-22-11-21-44-43-18-8-7-17-41(43)31-34-46(44)49)50-23-12-24-51-54(50)53-47-20-10-9-19-45(47)48(35-52(53)56-51)40-15-5-2-6-16-40/h1-35H. The molecule has 10 aromatic carbocycles. The molecule has 0 aliphatic rings. The van der Waals surface area contributed by atoms with Gasteiger partial charge in [0.15, 0.2) is 0 Å². The van der Waals surface area contributed by atoms with Gasteiger partial charge in [0.2, 0.25) is 0 Å². The molecule has 0 saturated heterocycles. The van der Waals surface area contributed by atoms with Crippen molar-refractivity contribution in [3.05, 3.63) is 212 Å². The fourth-order valence-electron chi connectivity index (χ4n) is 8.62. The Balaban J connectivity index is 1.14. The molecule has 11 rings (SSSR count). The lowest BCUT2D eigenvalue weighted by atomic mass is 9.94. The van der Waals surface area contributed by atoms with Gasteiger partial charge in [0.05, 0.1) is 16.8 Å². The summed E-state index contributed by atoms with van der Waals surface area (Å²) in [5, 5.41) is 9.48. The van der Waals surface area contributed by atoms with E-state index in [4.69, 9.17) is 4.42 Å². The van der Waals surface area contributed by atoms with Crippen molar-refractivity contribution < 1.29 is 4.42 Å². The molecule has 0 amide bonds. The fourth-order valence-corrected chi connectivity index (χ4v) is 8.62. The van der Waals surface area contributed by atoms with Gasteiger partial charge in [-0.15, -0.1) is 0 Å². The summed E-state index contributed by atoms with van der Waals surface area (Å²) >= 11 is 0. The molecule has 262 valence electrons. The fraction of sp³-hybridized carbons (Fsp3) is 0. The van der Waals surface area contributed by atoms with E-state index in [0.717, 1.165) is 39.0 Å². The van der Waals surface area contributed by atoms with Crippen LogP contribution in [0.1, 0.15) is 0 Å². The van der Waals surface area contributed by atoms with E-state index in [2.05, 4.69) is 217 Å². The average molecular weight is 714 g/mol. The van der Waals surface area contributed by atoms with Crippen LogP contribution in [-0.4, -0.2) is 0 Å². The minimum Gasteiger partial charge on any atom is -0.456 e. The molecule has 56 heavy (non-hydrogen) atoms. The Kier molecular flexibility index (Phi) is 7.53. The van der Waals surface area contributed by atoms with Gasteiger partial charge >= 0.3 is 0 Å². The molecule has 0 fully saturated rings. The highest BCUT2D eigenvalue weighted by molar-refractivity contribution is 6.26. The van der Waals surface area contributed by atoms with Gasteiger partial charge in [-0.3, -0.25) is 0 Å². The highest BCUT2D eigenvalue weighted by atomic mass is 16.3. The monoisotopic (exact) mass is 713 g/mol. The molecular weight excluding hydrogens is 679 g/mol. The number of furan rings is 1. The molecule has 0 N–H and O–H groups in total. The van der Waals surface area contributed by atoms with Crippen LogP contribution in [0.3, 0.4) is 0 Å². The van der Waals surface area contributed by atoms with Gasteiger partial charge in [-0.05, 0) is 96.7 Å². The Morgan fingerprint density at radius 1 is 0.304 bits per heavy atom. The SMILES string of the molecule is c1ccc(-c2ccc(-c3ccc(N(c4cccc5c4ccc4ccccc45)c4cccc5oc6cc(-c7ccccc7)c7ccccc7c6c45)cc3)cc2)cc1. The van der Waals surface area contributed by atoms with Crippen LogP contribution >= 0.6 is 0 Å². The summed E-state index contributed by atoms with van der Waals surface area (Å²) in [5.74, 6) is 0. The Morgan fingerprint density at radius 3 is 1.59 bits per heavy atom. The molecule has 1 aromatic heterocycles. The Hall–Kier alpha value is -7.42. The lowest BCUT2D eigenvalue weighted by molar-refractivity contribution is 0.669. The summed E-state index contributed by atoms with van der Waals surface area (Å²) in [5.41, 5.74) is 12.1. The zero-order valence-electron chi connectivity index (χ0n) is 30.6. The van der Waals surface area contributed by atoms with E-state index in [-0.39, 0.29) is 0 Å². The lowest BCUT2D eigenvalue weighted by Gasteiger charge is -2.28. The van der Waals surface area contributed by atoms with Crippen molar-refractivity contribution in [3.8, 4) is 33.4 Å². The van der Waals surface area contributed by atoms with Crippen molar-refractivity contribution in [1.82, 2.24) is 0 Å². The summed E-state index contributed by atoms with van der Waals surface area (Å²) in [7, 11) is 0. The van der Waals surface area contributed by atoms with Crippen LogP contribution in [0.25, 0.3) is 87.6 Å². The molecule has 2 heteroatoms. The first kappa shape index (κ1) is 32.0. The first-order valence-corrected chi connectivity index (χ1v) is 19.2. The predicted molar refractivity (Wildman–Crippen MR) is 237 cm³/mol. The molecule has 0 bridgehead atoms. The van der Waals surface area contributed by atoms with Gasteiger partial charge < -0.3 is 9.32 Å². The summed E-state index contributed by atoms with van der Waals surface area (Å²) in [4.78, 5) is 2.43. The molecule has 0 atom stereocenters. The van der Waals surface area contributed by atoms with Crippen LogP contribution in [-0.2, 0) is 0 Å². The van der Waals surface area contributed by atoms with Gasteiger partial charge in [0.25, 0.3) is 0 Å². The minimum atomic E-state index is 0.860. The molecular formula is C54H35NO. The Morgan fingerprint density at radius 2 is 0.857 bits per heavy atom. The van der Waals surface area contributed by atoms with Crippen molar-refractivity contribution in [2.45, 2.75) is 0 Å². The number of fused-ring (bicyclic) bond motifs is 8. The van der Waals surface area contributed by atoms with Crippen LogP contribution in [0.5, 0.6) is 0 Å². The van der Waals surface area contributed by atoms with Crippen molar-refractivity contribution >= 4 is 71.3 Å². The van der Waals surface area contributed by atoms with Crippen LogP contribution in [0, 0.1) is 0 Å². The molecule has 2 nitrogen and oxygen atoms in total. The Bertz CT molecular complexity index is 3220. The van der Waals surface area contributed by atoms with Crippen LogP contribution in [0.4, 0.5) is 17.1 Å². The summed E-state index contributed by atoms with van der Waals surface area (Å²) in [6.07, 6.45) is 0. The van der Waals surface area contributed by atoms with E-state index in [1.807, 2.05) is 0 Å². The van der Waals surface area contributed by atoms with Crippen molar-refractivity contribution in [1.29, 1.82) is 0 Å². The zero-order valence-corrected chi connectivity index (χ0v) is 30.6. The summed E-state index contributed by atoms with van der Waals surface area (Å²) in [6, 6.07) is 76.3. The van der Waals surface area contributed by atoms with Crippen molar-refractivity contribution in [2.75, 3.05) is 4.90 Å². The van der Waals surface area contributed by atoms with Crippen molar-refractivity contribution in [2.24, 2.45) is 0 Å². The normalized spacial score (nSPS) is 11.6. The second kappa shape index (κ2) is 13.2. The van der Waals surface area contributed by atoms with E-state index >= 15 is 0 Å². The summed E-state index contributed by atoms with van der Waals surface area (Å²) in [6.45, 7) is 0. The highest BCUT2D eigenvalue weighted by Crippen LogP contribution is 2.48. The van der Waals surface area contributed by atoms with Gasteiger partial charge in [-0.1, -0.05) is 176 Å². The van der Waals surface area contributed by atoms with Crippen LogP contribution in [0.2, 0.25) is 0 Å². The van der Waals surface area contributed by atoms with Gasteiger partial charge in [-0.2, -0.15) is 0 Å². The first-order valence-electron chi connectivity index (χ1n) is 19.2. The van der Waals surface area contributed by atoms with E-state index < -0.39 is 0 Å². The van der Waals surface area contributed by atoms with Gasteiger partial charge in [0.1, 0.15) is 11.2 Å². The number of nitrogens with zero attached hydrogens (tertiary/aromatic N) is 1. The topological polar surface area (TPSA) is 16.4 Å². The molecule has 0 saturated carbocycles. The molecule has 0 radical (unpaired) electrons. The van der Waals surface area contributed by atoms with E-state index in [1.165, 1.54) is 65.7 Å². The highest BCUT2D eigenvalue weighted by Gasteiger charge is 2.23. The summed E-state index contributed by atoms with van der Waals surface area (Å²) < 4.78 is 6.82. The van der Waals surface area contributed by atoms with Gasteiger partial charge in [0, 0.05) is 16.5 Å². The molecule has 0 unspecified atom stereocenters. The third-order valence-corrected chi connectivity index (χ3v) is 11.3. The maximum atomic E-state index is 6.82. The Labute approximate surface area is 325 Å². The maximum Gasteiger partial charge on any atom is 0.137 e. The van der Waals surface area contributed by atoms with E-state index in [1.54, 1.807) is 0 Å². The smallest absolute Gasteiger partial charge is 0.137 e. The number of rotatable bonds is 6. The van der Waals surface area contributed by atoms with Crippen LogP contribution < -0.4 is 4.90 Å². The second-order valence-corrected chi connectivity index (χ2v) is 14.4. The maximum absolute atomic E-state index is 6.82. The molecule has 1 heterocycles. The third-order valence-electron chi connectivity index (χ3n) is 11.3. The number of anilines is 3.